The Bertz CT molecular complexity index is 966. The van der Waals surface area contributed by atoms with Crippen LogP contribution in [0.25, 0.3) is 0 Å². The van der Waals surface area contributed by atoms with Gasteiger partial charge in [-0.1, -0.05) is 31.2 Å². The Morgan fingerprint density at radius 2 is 2.07 bits per heavy atom. The molecule has 156 valence electrons. The fourth-order valence-electron chi connectivity index (χ4n) is 4.43. The van der Waals surface area contributed by atoms with Crippen molar-refractivity contribution >= 4 is 16.1 Å². The molecule has 1 heterocycles. The molecule has 0 saturated heterocycles. The number of hydrogen-bond acceptors (Lipinski definition) is 6. The van der Waals surface area contributed by atoms with Gasteiger partial charge in [0.05, 0.1) is 18.8 Å². The van der Waals surface area contributed by atoms with Crippen LogP contribution in [0, 0.1) is 11.8 Å². The van der Waals surface area contributed by atoms with Crippen molar-refractivity contribution in [2.45, 2.75) is 44.8 Å². The summed E-state index contributed by atoms with van der Waals surface area (Å²) in [4.78, 5) is 4.45. The summed E-state index contributed by atoms with van der Waals surface area (Å²) >= 11 is 0. The van der Waals surface area contributed by atoms with Crippen molar-refractivity contribution in [3.63, 3.8) is 0 Å². The zero-order valence-electron chi connectivity index (χ0n) is 16.5. The van der Waals surface area contributed by atoms with Crippen LogP contribution < -0.4 is 15.2 Å². The van der Waals surface area contributed by atoms with E-state index < -0.39 is 10.3 Å². The Morgan fingerprint density at radius 3 is 2.90 bits per heavy atom. The smallest absolute Gasteiger partial charge is 0.333 e. The maximum atomic E-state index is 11.0. The minimum absolute atomic E-state index is 0.0153. The van der Waals surface area contributed by atoms with Gasteiger partial charge in [0.25, 0.3) is 0 Å². The zero-order chi connectivity index (χ0) is 20.4. The highest BCUT2D eigenvalue weighted by atomic mass is 32.2. The van der Waals surface area contributed by atoms with E-state index in [0.717, 1.165) is 37.3 Å². The molecule has 2 aromatic rings. The number of anilines is 1. The molecule has 7 nitrogen and oxygen atoms in total. The first-order valence-corrected chi connectivity index (χ1v) is 11.5. The molecule has 2 aliphatic carbocycles. The van der Waals surface area contributed by atoms with Crippen molar-refractivity contribution in [3.05, 3.63) is 53.7 Å². The molecule has 2 aliphatic rings. The molecule has 0 radical (unpaired) electrons. The van der Waals surface area contributed by atoms with Gasteiger partial charge in [0.2, 0.25) is 0 Å². The van der Waals surface area contributed by atoms with Gasteiger partial charge in [-0.05, 0) is 54.7 Å². The van der Waals surface area contributed by atoms with Gasteiger partial charge < -0.3 is 10.1 Å². The molecule has 8 heteroatoms. The number of pyridine rings is 1. The largest absolute Gasteiger partial charge is 0.490 e. The summed E-state index contributed by atoms with van der Waals surface area (Å²) in [7, 11) is -3.91. The van der Waals surface area contributed by atoms with Crippen LogP contribution in [0.4, 0.5) is 5.82 Å². The lowest BCUT2D eigenvalue weighted by molar-refractivity contribution is 0.190. The van der Waals surface area contributed by atoms with Gasteiger partial charge >= 0.3 is 10.3 Å². The topological polar surface area (TPSA) is 104 Å². The van der Waals surface area contributed by atoms with E-state index >= 15 is 0 Å². The zero-order valence-corrected chi connectivity index (χ0v) is 17.3. The molecule has 1 saturated carbocycles. The second kappa shape index (κ2) is 8.30. The number of nitrogens with zero attached hydrogens (tertiary/aromatic N) is 1. The summed E-state index contributed by atoms with van der Waals surface area (Å²) in [5.41, 5.74) is 2.73. The number of ether oxygens (including phenoxy) is 1. The van der Waals surface area contributed by atoms with E-state index in [1.807, 2.05) is 12.1 Å². The first kappa shape index (κ1) is 20.1. The van der Waals surface area contributed by atoms with Crippen molar-refractivity contribution in [1.29, 1.82) is 0 Å². The molecule has 4 rings (SSSR count). The maximum Gasteiger partial charge on any atom is 0.333 e. The third kappa shape index (κ3) is 5.07. The van der Waals surface area contributed by atoms with E-state index in [1.54, 1.807) is 6.20 Å². The molecule has 1 aromatic heterocycles. The highest BCUT2D eigenvalue weighted by Gasteiger charge is 2.33. The molecule has 1 fully saturated rings. The molecule has 0 spiro atoms. The van der Waals surface area contributed by atoms with Crippen molar-refractivity contribution in [2.75, 3.05) is 11.9 Å². The van der Waals surface area contributed by atoms with Crippen LogP contribution in [0.3, 0.4) is 0 Å². The van der Waals surface area contributed by atoms with Crippen LogP contribution in [0.2, 0.25) is 0 Å². The summed E-state index contributed by atoms with van der Waals surface area (Å²) in [6.07, 6.45) is 5.47. The first-order valence-electron chi connectivity index (χ1n) is 10.0. The molecule has 1 aromatic carbocycles. The Labute approximate surface area is 171 Å². The van der Waals surface area contributed by atoms with Crippen LogP contribution in [0.5, 0.6) is 5.75 Å². The fourth-order valence-corrected chi connectivity index (χ4v) is 4.79. The molecule has 29 heavy (non-hydrogen) atoms. The number of benzene rings is 1. The van der Waals surface area contributed by atoms with Crippen molar-refractivity contribution in [1.82, 2.24) is 4.98 Å². The van der Waals surface area contributed by atoms with Gasteiger partial charge in [-0.2, -0.15) is 8.42 Å². The molecule has 4 atom stereocenters. The van der Waals surface area contributed by atoms with E-state index in [9.17, 15) is 8.42 Å². The highest BCUT2D eigenvalue weighted by molar-refractivity contribution is 7.84. The number of rotatable bonds is 7. The average molecular weight is 418 g/mol. The predicted molar refractivity (Wildman–Crippen MR) is 111 cm³/mol. The van der Waals surface area contributed by atoms with Gasteiger partial charge in [0.15, 0.2) is 0 Å². The van der Waals surface area contributed by atoms with Crippen LogP contribution in [-0.2, 0) is 20.9 Å². The lowest BCUT2D eigenvalue weighted by Gasteiger charge is -2.17. The Balaban J connectivity index is 1.36. The SMILES string of the molecule is C[C@H]1C[C@H](Oc2ccnc(N[C@H]3CCc4ccccc43)c2)C[C@H]1COS(N)(=O)=O. The number of hydrogen-bond donors (Lipinski definition) is 2. The third-order valence-corrected chi connectivity index (χ3v) is 6.41. The molecule has 0 unspecified atom stereocenters. The van der Waals surface area contributed by atoms with E-state index in [0.29, 0.717) is 5.92 Å². The predicted octanol–water partition coefficient (Wildman–Crippen LogP) is 3.19. The molecule has 0 bridgehead atoms. The lowest BCUT2D eigenvalue weighted by Crippen LogP contribution is -2.22. The summed E-state index contributed by atoms with van der Waals surface area (Å²) in [5.74, 6) is 1.97. The van der Waals surface area contributed by atoms with Crippen molar-refractivity contribution < 1.29 is 17.3 Å². The third-order valence-electron chi connectivity index (χ3n) is 5.94. The number of fused-ring (bicyclic) bond motifs is 1. The highest BCUT2D eigenvalue weighted by Crippen LogP contribution is 2.36. The first-order chi connectivity index (χ1) is 13.9. The summed E-state index contributed by atoms with van der Waals surface area (Å²) in [6, 6.07) is 12.6. The molecule has 0 aliphatic heterocycles. The van der Waals surface area contributed by atoms with Gasteiger partial charge in [-0.15, -0.1) is 0 Å². The van der Waals surface area contributed by atoms with Gasteiger partial charge in [0, 0.05) is 12.3 Å². The summed E-state index contributed by atoms with van der Waals surface area (Å²) in [6.45, 7) is 2.18. The number of nitrogens with two attached hydrogens (primary N) is 1. The minimum Gasteiger partial charge on any atom is -0.490 e. The van der Waals surface area contributed by atoms with Crippen LogP contribution >= 0.6 is 0 Å². The van der Waals surface area contributed by atoms with Crippen molar-refractivity contribution in [3.8, 4) is 5.75 Å². The molecule has 3 N–H and O–H groups in total. The quantitative estimate of drug-likeness (QED) is 0.717. The second-order valence-electron chi connectivity index (χ2n) is 8.04. The van der Waals surface area contributed by atoms with E-state index in [2.05, 4.69) is 41.5 Å². The van der Waals surface area contributed by atoms with E-state index in [-0.39, 0.29) is 24.7 Å². The Morgan fingerprint density at radius 1 is 1.24 bits per heavy atom. The van der Waals surface area contributed by atoms with Crippen LogP contribution in [0.1, 0.15) is 43.4 Å². The second-order valence-corrected chi connectivity index (χ2v) is 9.26. The fraction of sp³-hybridized carbons (Fsp3) is 0.476. The van der Waals surface area contributed by atoms with Gasteiger partial charge in [-0.25, -0.2) is 10.1 Å². The molecule has 0 amide bonds. The van der Waals surface area contributed by atoms with E-state index in [4.69, 9.17) is 14.1 Å². The standard InChI is InChI=1S/C21H27N3O4S/c1-14-10-18(11-16(14)13-27-29(22,25)26)28-17-8-9-23-21(12-17)24-20-7-6-15-4-2-3-5-19(15)20/h2-5,8-9,12,14,16,18,20H,6-7,10-11,13H2,1H3,(H,23,24)(H2,22,25,26)/t14-,16-,18-,20-/m0/s1. The van der Waals surface area contributed by atoms with Crippen LogP contribution in [-0.4, -0.2) is 26.1 Å². The maximum absolute atomic E-state index is 11.0. The van der Waals surface area contributed by atoms with Gasteiger partial charge in [-0.3, -0.25) is 4.18 Å². The average Bonchev–Trinajstić information content (AvgIpc) is 3.23. The summed E-state index contributed by atoms with van der Waals surface area (Å²) in [5, 5.41) is 8.46. The van der Waals surface area contributed by atoms with E-state index in [1.165, 1.54) is 11.1 Å². The monoisotopic (exact) mass is 417 g/mol. The molecular formula is C21H27N3O4S. The van der Waals surface area contributed by atoms with Crippen molar-refractivity contribution in [2.24, 2.45) is 17.0 Å². The lowest BCUT2D eigenvalue weighted by atomic mass is 10.00. The Hall–Kier alpha value is -2.16. The Kier molecular flexibility index (Phi) is 5.76. The van der Waals surface area contributed by atoms with Gasteiger partial charge in [0.1, 0.15) is 11.6 Å². The molecular weight excluding hydrogens is 390 g/mol. The van der Waals surface area contributed by atoms with Crippen LogP contribution in [0.15, 0.2) is 42.6 Å². The minimum atomic E-state index is -3.91. The normalized spacial score (nSPS) is 26.3. The number of nitrogens with one attached hydrogen (secondary N) is 1. The number of aromatic nitrogens is 1. The summed E-state index contributed by atoms with van der Waals surface area (Å²) < 4.78 is 33.0. The number of aryl methyl sites for hydroxylation is 1.